The van der Waals surface area contributed by atoms with Crippen LogP contribution >= 0.6 is 35.1 Å². The van der Waals surface area contributed by atoms with Crippen LogP contribution in [0.15, 0.2) is 92.6 Å². The third kappa shape index (κ3) is 3.83. The molecule has 1 fully saturated rings. The number of para-hydroxylation sites is 1. The molecule has 3 aromatic carbocycles. The van der Waals surface area contributed by atoms with E-state index in [1.165, 1.54) is 11.8 Å². The second-order valence-corrected chi connectivity index (χ2v) is 9.85. The molecule has 0 radical (unpaired) electrons. The van der Waals surface area contributed by atoms with Crippen LogP contribution in [0.25, 0.3) is 0 Å². The maximum atomic E-state index is 13.8. The molecular formula is C25H20ClN3OS2. The zero-order chi connectivity index (χ0) is 22.2. The van der Waals surface area contributed by atoms with Crippen molar-refractivity contribution in [3.63, 3.8) is 0 Å². The van der Waals surface area contributed by atoms with E-state index in [9.17, 15) is 4.79 Å². The summed E-state index contributed by atoms with van der Waals surface area (Å²) in [4.78, 5) is 24.4. The second-order valence-electron chi connectivity index (χ2n) is 7.40. The van der Waals surface area contributed by atoms with Gasteiger partial charge in [-0.25, -0.2) is 4.99 Å². The number of thioether (sulfide) groups is 2. The van der Waals surface area contributed by atoms with E-state index in [0.717, 1.165) is 33.4 Å². The van der Waals surface area contributed by atoms with Gasteiger partial charge in [0.05, 0.1) is 17.1 Å². The standard InChI is InChI=1S/C25H20ClN3OS2/c1-3-28-20-12-4-5-13-21(20)31-24(28)22-23(30)29(19-11-6-8-16(2)14-19)25(32-22)27-18-10-7-9-17(26)15-18/h4-15H,3H2,1-2H3/b24-22-,27-25?. The molecule has 0 saturated carbocycles. The van der Waals surface area contributed by atoms with Crippen LogP contribution in [0.4, 0.5) is 17.1 Å². The zero-order valence-corrected chi connectivity index (χ0v) is 20.0. The van der Waals surface area contributed by atoms with Gasteiger partial charge in [-0.3, -0.25) is 9.69 Å². The fourth-order valence-corrected chi connectivity index (χ4v) is 6.33. The maximum absolute atomic E-state index is 13.8. The van der Waals surface area contributed by atoms with Gasteiger partial charge in [-0.15, -0.1) is 0 Å². The van der Waals surface area contributed by atoms with Crippen molar-refractivity contribution in [2.75, 3.05) is 16.3 Å². The summed E-state index contributed by atoms with van der Waals surface area (Å²) in [6.45, 7) is 4.90. The molecule has 3 aromatic rings. The third-order valence-electron chi connectivity index (χ3n) is 5.19. The Labute approximate surface area is 201 Å². The number of fused-ring (bicyclic) bond motifs is 1. The fourth-order valence-electron chi connectivity index (χ4n) is 3.75. The molecule has 0 bridgehead atoms. The maximum Gasteiger partial charge on any atom is 0.274 e. The summed E-state index contributed by atoms with van der Waals surface area (Å²) in [6, 6.07) is 23.6. The van der Waals surface area contributed by atoms with Crippen molar-refractivity contribution in [2.45, 2.75) is 18.7 Å². The highest BCUT2D eigenvalue weighted by Gasteiger charge is 2.40. The van der Waals surface area contributed by atoms with Gasteiger partial charge in [-0.05, 0) is 73.6 Å². The minimum atomic E-state index is -0.0601. The van der Waals surface area contributed by atoms with Crippen LogP contribution in [0.3, 0.4) is 0 Å². The number of hydrogen-bond acceptors (Lipinski definition) is 5. The molecule has 1 amide bonds. The van der Waals surface area contributed by atoms with E-state index in [1.807, 2.05) is 61.5 Å². The molecular weight excluding hydrogens is 458 g/mol. The summed E-state index contributed by atoms with van der Waals surface area (Å²) in [5.41, 5.74) is 3.74. The summed E-state index contributed by atoms with van der Waals surface area (Å²) in [6.07, 6.45) is 0. The Hall–Kier alpha value is -2.67. The van der Waals surface area contributed by atoms with E-state index < -0.39 is 0 Å². The van der Waals surface area contributed by atoms with Gasteiger partial charge in [-0.1, -0.05) is 53.7 Å². The fraction of sp³-hybridized carbons (Fsp3) is 0.120. The number of anilines is 2. The number of halogens is 1. The third-order valence-corrected chi connectivity index (χ3v) is 7.77. The van der Waals surface area contributed by atoms with Crippen molar-refractivity contribution in [3.05, 3.63) is 93.3 Å². The highest BCUT2D eigenvalue weighted by Crippen LogP contribution is 2.51. The lowest BCUT2D eigenvalue weighted by Gasteiger charge is -2.19. The molecule has 2 aliphatic heterocycles. The Morgan fingerprint density at radius 2 is 1.78 bits per heavy atom. The SMILES string of the molecule is CCN1/C(=C2/SC(=Nc3cccc(Cl)c3)N(c3cccc(C)c3)C2=O)Sc2ccccc21. The number of benzene rings is 3. The van der Waals surface area contributed by atoms with Gasteiger partial charge in [0, 0.05) is 16.5 Å². The van der Waals surface area contributed by atoms with Gasteiger partial charge in [0.15, 0.2) is 5.17 Å². The molecule has 0 N–H and O–H groups in total. The number of nitrogens with zero attached hydrogens (tertiary/aromatic N) is 3. The lowest BCUT2D eigenvalue weighted by atomic mass is 10.2. The minimum Gasteiger partial charge on any atom is -0.334 e. The number of aliphatic imine (C=N–C) groups is 1. The minimum absolute atomic E-state index is 0.0601. The number of carbonyl (C=O) groups excluding carboxylic acids is 1. The van der Waals surface area contributed by atoms with Gasteiger partial charge in [0.2, 0.25) is 0 Å². The van der Waals surface area contributed by atoms with E-state index in [0.29, 0.717) is 20.8 Å². The van der Waals surface area contributed by atoms with Crippen molar-refractivity contribution in [1.82, 2.24) is 0 Å². The number of carbonyl (C=O) groups is 1. The summed E-state index contributed by atoms with van der Waals surface area (Å²) in [5.74, 6) is -0.0601. The monoisotopic (exact) mass is 477 g/mol. The largest absolute Gasteiger partial charge is 0.334 e. The van der Waals surface area contributed by atoms with Crippen LogP contribution in [0.2, 0.25) is 5.02 Å². The van der Waals surface area contributed by atoms with Crippen LogP contribution in [0.5, 0.6) is 0 Å². The van der Waals surface area contributed by atoms with Crippen LogP contribution in [0.1, 0.15) is 12.5 Å². The Morgan fingerprint density at radius 1 is 0.969 bits per heavy atom. The van der Waals surface area contributed by atoms with Gasteiger partial charge in [0.25, 0.3) is 5.91 Å². The van der Waals surface area contributed by atoms with Crippen LogP contribution in [0, 0.1) is 6.92 Å². The molecule has 0 atom stereocenters. The molecule has 5 rings (SSSR count). The topological polar surface area (TPSA) is 35.9 Å². The first-order valence-corrected chi connectivity index (χ1v) is 12.3. The van der Waals surface area contributed by atoms with Crippen molar-refractivity contribution in [2.24, 2.45) is 4.99 Å². The summed E-state index contributed by atoms with van der Waals surface area (Å²) in [7, 11) is 0. The zero-order valence-electron chi connectivity index (χ0n) is 17.6. The van der Waals surface area contributed by atoms with Crippen molar-refractivity contribution in [3.8, 4) is 0 Å². The average Bonchev–Trinajstić information content (AvgIpc) is 3.30. The molecule has 0 spiro atoms. The molecule has 1 saturated heterocycles. The Morgan fingerprint density at radius 3 is 2.56 bits per heavy atom. The van der Waals surface area contributed by atoms with Crippen molar-refractivity contribution < 1.29 is 4.79 Å². The predicted octanol–water partition coefficient (Wildman–Crippen LogP) is 7.22. The van der Waals surface area contributed by atoms with Crippen LogP contribution < -0.4 is 9.80 Å². The number of amidine groups is 1. The van der Waals surface area contributed by atoms with E-state index in [4.69, 9.17) is 16.6 Å². The number of rotatable bonds is 3. The molecule has 2 heterocycles. The van der Waals surface area contributed by atoms with Crippen LogP contribution in [-0.4, -0.2) is 17.6 Å². The summed E-state index contributed by atoms with van der Waals surface area (Å²) in [5, 5.41) is 2.19. The van der Waals surface area contributed by atoms with Gasteiger partial charge in [-0.2, -0.15) is 0 Å². The van der Waals surface area contributed by atoms with E-state index in [-0.39, 0.29) is 5.91 Å². The number of amides is 1. The molecule has 7 heteroatoms. The Bertz CT molecular complexity index is 1290. The van der Waals surface area contributed by atoms with Crippen molar-refractivity contribution in [1.29, 1.82) is 0 Å². The van der Waals surface area contributed by atoms with Crippen molar-refractivity contribution >= 4 is 63.3 Å². The quantitative estimate of drug-likeness (QED) is 0.373. The van der Waals surface area contributed by atoms with Gasteiger partial charge in [0.1, 0.15) is 9.93 Å². The molecule has 160 valence electrons. The lowest BCUT2D eigenvalue weighted by Crippen LogP contribution is -2.29. The van der Waals surface area contributed by atoms with Gasteiger partial charge >= 0.3 is 0 Å². The predicted molar refractivity (Wildman–Crippen MR) is 137 cm³/mol. The Balaban J connectivity index is 1.64. The molecule has 0 aromatic heterocycles. The highest BCUT2D eigenvalue weighted by atomic mass is 35.5. The smallest absolute Gasteiger partial charge is 0.274 e. The summed E-state index contributed by atoms with van der Waals surface area (Å²) >= 11 is 9.24. The first-order chi connectivity index (χ1) is 15.5. The first kappa shape index (κ1) is 21.2. The number of hydrogen-bond donors (Lipinski definition) is 0. The molecule has 0 unspecified atom stereocenters. The van der Waals surface area contributed by atoms with E-state index in [2.05, 4.69) is 24.0 Å². The Kier molecular flexibility index (Phi) is 5.76. The molecule has 0 aliphatic carbocycles. The summed E-state index contributed by atoms with van der Waals surface area (Å²) < 4.78 is 0. The molecule has 4 nitrogen and oxygen atoms in total. The highest BCUT2D eigenvalue weighted by molar-refractivity contribution is 8.20. The van der Waals surface area contributed by atoms with E-state index in [1.54, 1.807) is 22.7 Å². The second kappa shape index (κ2) is 8.70. The van der Waals surface area contributed by atoms with Crippen LogP contribution in [-0.2, 0) is 4.79 Å². The normalized spacial score (nSPS) is 19.2. The van der Waals surface area contributed by atoms with Gasteiger partial charge < -0.3 is 4.90 Å². The first-order valence-electron chi connectivity index (χ1n) is 10.3. The number of aryl methyl sites for hydroxylation is 1. The average molecular weight is 478 g/mol. The lowest BCUT2D eigenvalue weighted by molar-refractivity contribution is -0.113. The molecule has 32 heavy (non-hydrogen) atoms. The molecule has 2 aliphatic rings. The van der Waals surface area contributed by atoms with E-state index >= 15 is 0 Å².